The van der Waals surface area contributed by atoms with Crippen molar-refractivity contribution < 1.29 is 19.1 Å². The summed E-state index contributed by atoms with van der Waals surface area (Å²) < 4.78 is 12.5. The zero-order chi connectivity index (χ0) is 22.5. The second kappa shape index (κ2) is 9.95. The predicted molar refractivity (Wildman–Crippen MR) is 124 cm³/mol. The molecule has 1 aliphatic rings. The van der Waals surface area contributed by atoms with Crippen LogP contribution < -0.4 is 14.8 Å². The van der Waals surface area contributed by atoms with Crippen LogP contribution in [-0.2, 0) is 16.1 Å². The SMILES string of the molecule is COc1ccc(OC)c(NC(=O)CSc2nc3ccccc3n2CC(=O)N2CCCC2)c1. The summed E-state index contributed by atoms with van der Waals surface area (Å²) in [4.78, 5) is 32.0. The number of hydrogen-bond donors (Lipinski definition) is 1. The number of carbonyl (C=O) groups is 2. The van der Waals surface area contributed by atoms with Crippen LogP contribution in [0.3, 0.4) is 0 Å². The normalized spacial score (nSPS) is 13.4. The number of benzene rings is 2. The third kappa shape index (κ3) is 4.83. The van der Waals surface area contributed by atoms with E-state index in [1.54, 1.807) is 32.4 Å². The molecule has 1 N–H and O–H groups in total. The molecule has 9 heteroatoms. The van der Waals surface area contributed by atoms with Crippen molar-refractivity contribution in [2.75, 3.05) is 38.4 Å². The van der Waals surface area contributed by atoms with Gasteiger partial charge in [-0.2, -0.15) is 0 Å². The Bertz CT molecular complexity index is 1120. The van der Waals surface area contributed by atoms with E-state index in [9.17, 15) is 9.59 Å². The van der Waals surface area contributed by atoms with E-state index < -0.39 is 0 Å². The van der Waals surface area contributed by atoms with Gasteiger partial charge in [-0.3, -0.25) is 9.59 Å². The Morgan fingerprint density at radius 3 is 2.62 bits per heavy atom. The lowest BCUT2D eigenvalue weighted by Crippen LogP contribution is -2.31. The van der Waals surface area contributed by atoms with Crippen molar-refractivity contribution in [2.45, 2.75) is 24.5 Å². The monoisotopic (exact) mass is 454 g/mol. The van der Waals surface area contributed by atoms with Gasteiger partial charge in [0.25, 0.3) is 0 Å². The zero-order valence-electron chi connectivity index (χ0n) is 18.2. The van der Waals surface area contributed by atoms with Crippen LogP contribution in [0.25, 0.3) is 11.0 Å². The van der Waals surface area contributed by atoms with E-state index in [1.165, 1.54) is 11.8 Å². The second-order valence-electron chi connectivity index (χ2n) is 7.46. The van der Waals surface area contributed by atoms with Gasteiger partial charge >= 0.3 is 0 Å². The number of likely N-dealkylation sites (tertiary alicyclic amines) is 1. The number of thioether (sulfide) groups is 1. The molecule has 8 nitrogen and oxygen atoms in total. The highest BCUT2D eigenvalue weighted by Gasteiger charge is 2.21. The lowest BCUT2D eigenvalue weighted by Gasteiger charge is -2.17. The molecule has 1 aliphatic heterocycles. The highest BCUT2D eigenvalue weighted by molar-refractivity contribution is 7.99. The number of ether oxygens (including phenoxy) is 2. The van der Waals surface area contributed by atoms with E-state index in [4.69, 9.17) is 9.47 Å². The maximum Gasteiger partial charge on any atom is 0.242 e. The van der Waals surface area contributed by atoms with Crippen LogP contribution in [0.1, 0.15) is 12.8 Å². The van der Waals surface area contributed by atoms with E-state index in [2.05, 4.69) is 10.3 Å². The Hall–Kier alpha value is -3.20. The van der Waals surface area contributed by atoms with Crippen LogP contribution in [0.15, 0.2) is 47.6 Å². The number of aromatic nitrogens is 2. The molecule has 2 heterocycles. The van der Waals surface area contributed by atoms with Gasteiger partial charge in [0.2, 0.25) is 11.8 Å². The van der Waals surface area contributed by atoms with Gasteiger partial charge in [-0.25, -0.2) is 4.98 Å². The molecule has 0 aliphatic carbocycles. The van der Waals surface area contributed by atoms with Crippen LogP contribution in [0.2, 0.25) is 0 Å². The van der Waals surface area contributed by atoms with E-state index in [1.807, 2.05) is 33.7 Å². The molecule has 1 saturated heterocycles. The molecule has 3 aromatic rings. The molecule has 0 bridgehead atoms. The van der Waals surface area contributed by atoms with Crippen LogP contribution in [0.5, 0.6) is 11.5 Å². The standard InChI is InChI=1S/C23H26N4O4S/c1-30-16-9-10-20(31-2)18(13-16)24-21(28)15-32-23-25-17-7-3-4-8-19(17)27(23)14-22(29)26-11-5-6-12-26/h3-4,7-10,13H,5-6,11-12,14-15H2,1-2H3,(H,24,28). The molecule has 4 rings (SSSR count). The van der Waals surface area contributed by atoms with Crippen LogP contribution in [0, 0.1) is 0 Å². The molecule has 0 atom stereocenters. The van der Waals surface area contributed by atoms with Gasteiger partial charge in [0.1, 0.15) is 18.0 Å². The first-order valence-electron chi connectivity index (χ1n) is 10.5. The topological polar surface area (TPSA) is 85.7 Å². The highest BCUT2D eigenvalue weighted by Crippen LogP contribution is 2.30. The first-order chi connectivity index (χ1) is 15.6. The molecular formula is C23H26N4O4S. The summed E-state index contributed by atoms with van der Waals surface area (Å²) in [5, 5.41) is 3.51. The summed E-state index contributed by atoms with van der Waals surface area (Å²) in [6.07, 6.45) is 2.10. The Morgan fingerprint density at radius 2 is 1.88 bits per heavy atom. The summed E-state index contributed by atoms with van der Waals surface area (Å²) in [5.41, 5.74) is 2.23. The molecule has 2 amide bonds. The maximum absolute atomic E-state index is 12.8. The number of hydrogen-bond acceptors (Lipinski definition) is 6. The smallest absolute Gasteiger partial charge is 0.242 e. The number of anilines is 1. The summed E-state index contributed by atoms with van der Waals surface area (Å²) in [6.45, 7) is 1.83. The van der Waals surface area contributed by atoms with Gasteiger partial charge < -0.3 is 24.3 Å². The number of imidazole rings is 1. The van der Waals surface area contributed by atoms with Gasteiger partial charge in [-0.05, 0) is 37.1 Å². The summed E-state index contributed by atoms with van der Waals surface area (Å²) in [5.74, 6) is 1.19. The number of methoxy groups -OCH3 is 2. The first kappa shape index (κ1) is 22.0. The van der Waals surface area contributed by atoms with Gasteiger partial charge in [0.05, 0.1) is 36.7 Å². The zero-order valence-corrected chi connectivity index (χ0v) is 19.0. The number of carbonyl (C=O) groups excluding carboxylic acids is 2. The van der Waals surface area contributed by atoms with Crippen molar-refractivity contribution in [1.82, 2.24) is 14.5 Å². The van der Waals surface area contributed by atoms with Crippen molar-refractivity contribution in [3.05, 3.63) is 42.5 Å². The van der Waals surface area contributed by atoms with Crippen LogP contribution in [-0.4, -0.2) is 59.3 Å². The molecule has 168 valence electrons. The molecular weight excluding hydrogens is 428 g/mol. The largest absolute Gasteiger partial charge is 0.497 e. The van der Waals surface area contributed by atoms with Gasteiger partial charge in [-0.1, -0.05) is 23.9 Å². The molecule has 0 spiro atoms. The van der Waals surface area contributed by atoms with Crippen molar-refractivity contribution in [3.8, 4) is 11.5 Å². The van der Waals surface area contributed by atoms with Gasteiger partial charge in [0, 0.05) is 19.2 Å². The average molecular weight is 455 g/mol. The number of nitrogens with one attached hydrogen (secondary N) is 1. The lowest BCUT2D eigenvalue weighted by molar-refractivity contribution is -0.130. The quantitative estimate of drug-likeness (QED) is 0.525. The Balaban J connectivity index is 1.49. The Kier molecular flexibility index (Phi) is 6.84. The molecule has 1 fully saturated rings. The highest BCUT2D eigenvalue weighted by atomic mass is 32.2. The average Bonchev–Trinajstić information content (AvgIpc) is 3.46. The predicted octanol–water partition coefficient (Wildman–Crippen LogP) is 3.41. The van der Waals surface area contributed by atoms with Crippen LogP contribution >= 0.6 is 11.8 Å². The van der Waals surface area contributed by atoms with Crippen molar-refractivity contribution >= 4 is 40.3 Å². The first-order valence-corrected chi connectivity index (χ1v) is 11.5. The van der Waals surface area contributed by atoms with E-state index in [0.29, 0.717) is 22.3 Å². The molecule has 0 saturated carbocycles. The third-order valence-corrected chi connectivity index (χ3v) is 6.36. The fraction of sp³-hybridized carbons (Fsp3) is 0.348. The maximum atomic E-state index is 12.8. The summed E-state index contributed by atoms with van der Waals surface area (Å²) >= 11 is 1.31. The minimum Gasteiger partial charge on any atom is -0.497 e. The summed E-state index contributed by atoms with van der Waals surface area (Å²) in [6, 6.07) is 12.9. The third-order valence-electron chi connectivity index (χ3n) is 5.38. The Morgan fingerprint density at radius 1 is 1.09 bits per heavy atom. The van der Waals surface area contributed by atoms with Crippen molar-refractivity contribution in [3.63, 3.8) is 0 Å². The molecule has 0 radical (unpaired) electrons. The minimum absolute atomic E-state index is 0.0815. The second-order valence-corrected chi connectivity index (χ2v) is 8.40. The molecule has 1 aromatic heterocycles. The fourth-order valence-electron chi connectivity index (χ4n) is 3.75. The van der Waals surface area contributed by atoms with Gasteiger partial charge in [0.15, 0.2) is 5.16 Å². The number of rotatable bonds is 8. The van der Waals surface area contributed by atoms with E-state index >= 15 is 0 Å². The molecule has 32 heavy (non-hydrogen) atoms. The molecule has 2 aromatic carbocycles. The molecule has 0 unspecified atom stereocenters. The van der Waals surface area contributed by atoms with Crippen molar-refractivity contribution in [1.29, 1.82) is 0 Å². The summed E-state index contributed by atoms with van der Waals surface area (Å²) in [7, 11) is 3.11. The number of nitrogens with zero attached hydrogens (tertiary/aromatic N) is 3. The van der Waals surface area contributed by atoms with Gasteiger partial charge in [-0.15, -0.1) is 0 Å². The van der Waals surface area contributed by atoms with E-state index in [0.717, 1.165) is 37.0 Å². The number of para-hydroxylation sites is 2. The lowest BCUT2D eigenvalue weighted by atomic mass is 10.2. The Labute approximate surface area is 190 Å². The fourth-order valence-corrected chi connectivity index (χ4v) is 4.56. The number of amides is 2. The van der Waals surface area contributed by atoms with E-state index in [-0.39, 0.29) is 24.1 Å². The van der Waals surface area contributed by atoms with Crippen molar-refractivity contribution in [2.24, 2.45) is 0 Å². The number of fused-ring (bicyclic) bond motifs is 1. The van der Waals surface area contributed by atoms with Crippen LogP contribution in [0.4, 0.5) is 5.69 Å². The minimum atomic E-state index is -0.203.